The van der Waals surface area contributed by atoms with Gasteiger partial charge in [-0.15, -0.1) is 0 Å². The molecule has 1 heterocycles. The van der Waals surface area contributed by atoms with E-state index in [0.29, 0.717) is 5.69 Å². The second kappa shape index (κ2) is 4.26. The SMILES string of the molecule is NC(=O)N[C@@H](Cc1cnc[nH]1)C(=O)O. The molecule has 7 nitrogen and oxygen atoms in total. The van der Waals surface area contributed by atoms with Gasteiger partial charge >= 0.3 is 12.0 Å². The van der Waals surface area contributed by atoms with E-state index in [1.165, 1.54) is 12.5 Å². The molecule has 5 N–H and O–H groups in total. The van der Waals surface area contributed by atoms with Crippen LogP contribution in [0.1, 0.15) is 5.69 Å². The first-order chi connectivity index (χ1) is 6.59. The minimum atomic E-state index is -1.14. The summed E-state index contributed by atoms with van der Waals surface area (Å²) in [5.41, 5.74) is 5.44. The molecule has 1 aromatic rings. The topological polar surface area (TPSA) is 121 Å². The summed E-state index contributed by atoms with van der Waals surface area (Å²) >= 11 is 0. The van der Waals surface area contributed by atoms with Crippen molar-refractivity contribution < 1.29 is 14.7 Å². The predicted molar refractivity (Wildman–Crippen MR) is 46.4 cm³/mol. The van der Waals surface area contributed by atoms with Gasteiger partial charge in [0.1, 0.15) is 6.04 Å². The number of hydrogen-bond acceptors (Lipinski definition) is 3. The number of nitrogens with one attached hydrogen (secondary N) is 2. The fourth-order valence-electron chi connectivity index (χ4n) is 0.988. The Morgan fingerprint density at radius 3 is 2.86 bits per heavy atom. The van der Waals surface area contributed by atoms with E-state index in [-0.39, 0.29) is 6.42 Å². The molecule has 0 radical (unpaired) electrons. The van der Waals surface area contributed by atoms with Crippen LogP contribution in [0.4, 0.5) is 4.79 Å². The molecule has 0 fully saturated rings. The number of nitrogens with two attached hydrogens (primary N) is 1. The van der Waals surface area contributed by atoms with Crippen LogP contribution in [0.2, 0.25) is 0 Å². The van der Waals surface area contributed by atoms with Crippen molar-refractivity contribution in [3.05, 3.63) is 18.2 Å². The van der Waals surface area contributed by atoms with Crippen LogP contribution >= 0.6 is 0 Å². The first-order valence-electron chi connectivity index (χ1n) is 3.85. The van der Waals surface area contributed by atoms with Crippen LogP contribution in [0, 0.1) is 0 Å². The van der Waals surface area contributed by atoms with Crippen molar-refractivity contribution >= 4 is 12.0 Å². The monoisotopic (exact) mass is 198 g/mol. The van der Waals surface area contributed by atoms with Crippen LogP contribution in [0.3, 0.4) is 0 Å². The Morgan fingerprint density at radius 1 is 1.71 bits per heavy atom. The zero-order valence-corrected chi connectivity index (χ0v) is 7.23. The number of H-pyrrole nitrogens is 1. The van der Waals surface area contributed by atoms with Gasteiger partial charge in [0.15, 0.2) is 0 Å². The van der Waals surface area contributed by atoms with Crippen molar-refractivity contribution in [2.45, 2.75) is 12.5 Å². The van der Waals surface area contributed by atoms with E-state index in [9.17, 15) is 9.59 Å². The van der Waals surface area contributed by atoms with Gasteiger partial charge in [-0.3, -0.25) is 0 Å². The molecule has 0 aliphatic rings. The van der Waals surface area contributed by atoms with Crippen LogP contribution in [-0.4, -0.2) is 33.1 Å². The van der Waals surface area contributed by atoms with Crippen LogP contribution in [0.5, 0.6) is 0 Å². The lowest BCUT2D eigenvalue weighted by atomic mass is 10.2. The third-order valence-corrected chi connectivity index (χ3v) is 1.59. The average Bonchev–Trinajstić information content (AvgIpc) is 2.54. The third kappa shape index (κ3) is 2.77. The Bertz CT molecular complexity index is 322. The number of carbonyl (C=O) groups is 2. The van der Waals surface area contributed by atoms with Crippen molar-refractivity contribution in [1.29, 1.82) is 0 Å². The number of aliphatic carboxylic acids is 1. The molecule has 0 spiro atoms. The molecule has 76 valence electrons. The van der Waals surface area contributed by atoms with Gasteiger partial charge in [0, 0.05) is 18.3 Å². The van der Waals surface area contributed by atoms with Gasteiger partial charge in [0.25, 0.3) is 0 Å². The van der Waals surface area contributed by atoms with Crippen LogP contribution in [0.25, 0.3) is 0 Å². The molecule has 7 heteroatoms. The predicted octanol–water partition coefficient (Wildman–Crippen LogP) is -0.926. The third-order valence-electron chi connectivity index (χ3n) is 1.59. The van der Waals surface area contributed by atoms with Crippen LogP contribution in [-0.2, 0) is 11.2 Å². The van der Waals surface area contributed by atoms with Gasteiger partial charge in [-0.1, -0.05) is 0 Å². The van der Waals surface area contributed by atoms with Gasteiger partial charge in [-0.2, -0.15) is 0 Å². The number of rotatable bonds is 4. The molecule has 0 bridgehead atoms. The highest BCUT2D eigenvalue weighted by Gasteiger charge is 2.19. The van der Waals surface area contributed by atoms with Gasteiger partial charge < -0.3 is 21.1 Å². The van der Waals surface area contributed by atoms with E-state index in [1.54, 1.807) is 0 Å². The first kappa shape index (κ1) is 10.0. The molecule has 0 aromatic carbocycles. The van der Waals surface area contributed by atoms with Gasteiger partial charge in [-0.25, -0.2) is 14.6 Å². The number of urea groups is 1. The summed E-state index contributed by atoms with van der Waals surface area (Å²) in [4.78, 5) is 27.6. The number of hydrogen-bond donors (Lipinski definition) is 4. The number of carboxylic acid groups (broad SMARTS) is 1. The maximum absolute atomic E-state index is 10.7. The van der Waals surface area contributed by atoms with Gasteiger partial charge in [-0.05, 0) is 0 Å². The molecule has 0 saturated heterocycles. The molecular formula is C7H10N4O3. The summed E-state index contributed by atoms with van der Waals surface area (Å²) in [6.07, 6.45) is 3.04. The summed E-state index contributed by atoms with van der Waals surface area (Å²) in [6, 6.07) is -1.90. The van der Waals surface area contributed by atoms with Gasteiger partial charge in [0.2, 0.25) is 0 Å². The van der Waals surface area contributed by atoms with Gasteiger partial charge in [0.05, 0.1) is 6.33 Å². The zero-order valence-electron chi connectivity index (χ0n) is 7.23. The minimum absolute atomic E-state index is 0.123. The van der Waals surface area contributed by atoms with E-state index in [1.807, 2.05) is 0 Å². The number of amides is 2. The summed E-state index contributed by atoms with van der Waals surface area (Å²) < 4.78 is 0. The highest BCUT2D eigenvalue weighted by Crippen LogP contribution is 1.98. The van der Waals surface area contributed by atoms with E-state index in [4.69, 9.17) is 10.8 Å². The molecule has 0 saturated carbocycles. The largest absolute Gasteiger partial charge is 0.480 e. The lowest BCUT2D eigenvalue weighted by Gasteiger charge is -2.10. The lowest BCUT2D eigenvalue weighted by Crippen LogP contribution is -2.44. The van der Waals surface area contributed by atoms with Crippen molar-refractivity contribution in [3.8, 4) is 0 Å². The summed E-state index contributed by atoms with van der Waals surface area (Å²) in [5, 5.41) is 10.8. The van der Waals surface area contributed by atoms with Crippen molar-refractivity contribution in [1.82, 2.24) is 15.3 Å². The molecular weight excluding hydrogens is 188 g/mol. The number of primary amides is 1. The highest BCUT2D eigenvalue weighted by atomic mass is 16.4. The fourth-order valence-corrected chi connectivity index (χ4v) is 0.988. The number of aromatic amines is 1. The number of carboxylic acids is 1. The molecule has 1 rings (SSSR count). The van der Waals surface area contributed by atoms with E-state index >= 15 is 0 Å². The molecule has 0 aliphatic carbocycles. The summed E-state index contributed by atoms with van der Waals surface area (Å²) in [6.45, 7) is 0. The number of imidazole rings is 1. The number of carbonyl (C=O) groups excluding carboxylic acids is 1. The Hall–Kier alpha value is -2.05. The summed E-state index contributed by atoms with van der Waals surface area (Å²) in [7, 11) is 0. The van der Waals surface area contributed by atoms with Crippen LogP contribution < -0.4 is 11.1 Å². The smallest absolute Gasteiger partial charge is 0.326 e. The normalized spacial score (nSPS) is 12.0. The van der Waals surface area contributed by atoms with Crippen molar-refractivity contribution in [3.63, 3.8) is 0 Å². The molecule has 0 unspecified atom stereocenters. The van der Waals surface area contributed by atoms with Crippen molar-refractivity contribution in [2.24, 2.45) is 5.73 Å². The highest BCUT2D eigenvalue weighted by molar-refractivity contribution is 5.81. The van der Waals surface area contributed by atoms with E-state index in [0.717, 1.165) is 0 Å². The summed E-state index contributed by atoms with van der Waals surface area (Å²) in [5.74, 6) is -1.14. The fraction of sp³-hybridized carbons (Fsp3) is 0.286. The molecule has 1 aromatic heterocycles. The number of nitrogens with zero attached hydrogens (tertiary/aromatic N) is 1. The number of aromatic nitrogens is 2. The maximum Gasteiger partial charge on any atom is 0.326 e. The minimum Gasteiger partial charge on any atom is -0.480 e. The zero-order chi connectivity index (χ0) is 10.6. The Morgan fingerprint density at radius 2 is 2.43 bits per heavy atom. The second-order valence-corrected chi connectivity index (χ2v) is 2.68. The molecule has 1 atom stereocenters. The quantitative estimate of drug-likeness (QED) is 0.499. The first-order valence-corrected chi connectivity index (χ1v) is 3.85. The van der Waals surface area contributed by atoms with E-state index in [2.05, 4.69) is 15.3 Å². The molecule has 14 heavy (non-hydrogen) atoms. The standard InChI is InChI=1S/C7H10N4O3/c8-7(14)11-5(6(12)13)1-4-2-9-3-10-4/h2-3,5H,1H2,(H,9,10)(H,12,13)(H3,8,11,14)/t5-/m0/s1. The Balaban J connectivity index is 2.60. The van der Waals surface area contributed by atoms with E-state index < -0.39 is 18.0 Å². The molecule has 0 aliphatic heterocycles. The Kier molecular flexibility index (Phi) is 3.05. The average molecular weight is 198 g/mol. The Labute approximate surface area is 79.3 Å². The maximum atomic E-state index is 10.7. The lowest BCUT2D eigenvalue weighted by molar-refractivity contribution is -0.139. The van der Waals surface area contributed by atoms with Crippen molar-refractivity contribution in [2.75, 3.05) is 0 Å². The second-order valence-electron chi connectivity index (χ2n) is 2.68. The van der Waals surface area contributed by atoms with Crippen LogP contribution in [0.15, 0.2) is 12.5 Å². The molecule has 2 amide bonds.